The molecule has 108 valence electrons. The highest BCUT2D eigenvalue weighted by atomic mass is 16.4. The summed E-state index contributed by atoms with van der Waals surface area (Å²) in [4.78, 5) is 26.2. The summed E-state index contributed by atoms with van der Waals surface area (Å²) in [6, 6.07) is 10.1. The number of carboxylic acid groups (broad SMARTS) is 1. The molecule has 0 aliphatic carbocycles. The number of aromatic nitrogens is 1. The van der Waals surface area contributed by atoms with E-state index in [2.05, 4.69) is 15.6 Å². The van der Waals surface area contributed by atoms with E-state index >= 15 is 0 Å². The van der Waals surface area contributed by atoms with Crippen LogP contribution in [-0.2, 0) is 6.54 Å². The van der Waals surface area contributed by atoms with Gasteiger partial charge in [-0.15, -0.1) is 0 Å². The van der Waals surface area contributed by atoms with E-state index in [9.17, 15) is 9.59 Å². The molecule has 1 heterocycles. The molecule has 6 heteroatoms. The van der Waals surface area contributed by atoms with Gasteiger partial charge in [0.2, 0.25) is 0 Å². The summed E-state index contributed by atoms with van der Waals surface area (Å²) >= 11 is 0. The Hall–Kier alpha value is -2.89. The zero-order valence-electron chi connectivity index (χ0n) is 11.5. The molecule has 2 aromatic rings. The van der Waals surface area contributed by atoms with Crippen LogP contribution < -0.4 is 10.6 Å². The Morgan fingerprint density at radius 2 is 1.86 bits per heavy atom. The van der Waals surface area contributed by atoms with Crippen LogP contribution >= 0.6 is 0 Å². The second-order valence-electron chi connectivity index (χ2n) is 4.53. The van der Waals surface area contributed by atoms with Gasteiger partial charge in [0.25, 0.3) is 0 Å². The Labute approximate surface area is 121 Å². The fraction of sp³-hybridized carbons (Fsp3) is 0.133. The van der Waals surface area contributed by atoms with Gasteiger partial charge < -0.3 is 15.7 Å². The van der Waals surface area contributed by atoms with Gasteiger partial charge in [0.05, 0.1) is 0 Å². The van der Waals surface area contributed by atoms with E-state index in [0.717, 1.165) is 11.1 Å². The highest BCUT2D eigenvalue weighted by Gasteiger charge is 2.05. The number of carboxylic acids is 1. The molecule has 0 unspecified atom stereocenters. The van der Waals surface area contributed by atoms with E-state index in [1.165, 1.54) is 12.3 Å². The van der Waals surface area contributed by atoms with E-state index in [0.29, 0.717) is 5.69 Å². The number of carbonyl (C=O) groups is 2. The smallest absolute Gasteiger partial charge is 0.354 e. The number of nitrogens with one attached hydrogen (secondary N) is 2. The van der Waals surface area contributed by atoms with E-state index in [1.807, 2.05) is 31.2 Å². The number of amides is 2. The number of pyridine rings is 1. The van der Waals surface area contributed by atoms with E-state index in [1.54, 1.807) is 6.07 Å². The maximum Gasteiger partial charge on any atom is 0.354 e. The number of rotatable bonds is 4. The predicted molar refractivity (Wildman–Crippen MR) is 78.2 cm³/mol. The summed E-state index contributed by atoms with van der Waals surface area (Å²) in [5, 5.41) is 14.1. The van der Waals surface area contributed by atoms with Crippen molar-refractivity contribution < 1.29 is 14.7 Å². The van der Waals surface area contributed by atoms with Crippen LogP contribution in [-0.4, -0.2) is 22.1 Å². The second kappa shape index (κ2) is 6.51. The van der Waals surface area contributed by atoms with Crippen molar-refractivity contribution >= 4 is 17.7 Å². The lowest BCUT2D eigenvalue weighted by Crippen LogP contribution is -2.28. The van der Waals surface area contributed by atoms with Crippen molar-refractivity contribution in [2.75, 3.05) is 5.32 Å². The van der Waals surface area contributed by atoms with Gasteiger partial charge in [-0.3, -0.25) is 0 Å². The molecular formula is C15H15N3O3. The van der Waals surface area contributed by atoms with Gasteiger partial charge in [-0.2, -0.15) is 0 Å². The zero-order valence-corrected chi connectivity index (χ0v) is 11.5. The molecule has 0 radical (unpaired) electrons. The highest BCUT2D eigenvalue weighted by Crippen LogP contribution is 2.08. The summed E-state index contributed by atoms with van der Waals surface area (Å²) < 4.78 is 0. The molecule has 2 rings (SSSR count). The summed E-state index contributed by atoms with van der Waals surface area (Å²) in [7, 11) is 0. The molecule has 3 N–H and O–H groups in total. The van der Waals surface area contributed by atoms with Crippen LogP contribution in [0.2, 0.25) is 0 Å². The van der Waals surface area contributed by atoms with Crippen LogP contribution in [0.4, 0.5) is 10.5 Å². The van der Waals surface area contributed by atoms with Crippen molar-refractivity contribution in [3.63, 3.8) is 0 Å². The Morgan fingerprint density at radius 1 is 1.14 bits per heavy atom. The molecule has 1 aromatic carbocycles. The molecule has 0 saturated carbocycles. The molecule has 0 aliphatic heterocycles. The third-order valence-electron chi connectivity index (χ3n) is 2.81. The van der Waals surface area contributed by atoms with Crippen molar-refractivity contribution in [2.45, 2.75) is 13.5 Å². The second-order valence-corrected chi connectivity index (χ2v) is 4.53. The lowest BCUT2D eigenvalue weighted by atomic mass is 10.2. The summed E-state index contributed by atoms with van der Waals surface area (Å²) in [6.07, 6.45) is 1.43. The molecule has 0 atom stereocenters. The fourth-order valence-electron chi connectivity index (χ4n) is 1.65. The minimum atomic E-state index is -1.08. The fourth-order valence-corrected chi connectivity index (χ4v) is 1.65. The van der Waals surface area contributed by atoms with Crippen molar-refractivity contribution in [1.82, 2.24) is 10.3 Å². The van der Waals surface area contributed by atoms with Crippen LogP contribution in [0, 0.1) is 6.92 Å². The van der Waals surface area contributed by atoms with Crippen LogP contribution in [0.3, 0.4) is 0 Å². The summed E-state index contributed by atoms with van der Waals surface area (Å²) in [5.74, 6) is -1.08. The van der Waals surface area contributed by atoms with E-state index in [4.69, 9.17) is 5.11 Å². The van der Waals surface area contributed by atoms with Crippen LogP contribution in [0.15, 0.2) is 42.6 Å². The molecule has 0 aliphatic rings. The van der Waals surface area contributed by atoms with Crippen molar-refractivity contribution in [3.05, 3.63) is 59.4 Å². The number of urea groups is 1. The Bertz CT molecular complexity index is 636. The first kappa shape index (κ1) is 14.5. The molecule has 0 saturated heterocycles. The maximum absolute atomic E-state index is 11.7. The number of hydrogen-bond donors (Lipinski definition) is 3. The normalized spacial score (nSPS) is 9.95. The van der Waals surface area contributed by atoms with Gasteiger partial charge in [0, 0.05) is 18.4 Å². The first-order valence-electron chi connectivity index (χ1n) is 6.34. The Kier molecular flexibility index (Phi) is 4.50. The Balaban J connectivity index is 1.86. The lowest BCUT2D eigenvalue weighted by Gasteiger charge is -2.08. The number of carbonyl (C=O) groups excluding carboxylic acids is 1. The van der Waals surface area contributed by atoms with Crippen molar-refractivity contribution in [3.8, 4) is 0 Å². The summed E-state index contributed by atoms with van der Waals surface area (Å²) in [5.41, 5.74) is 2.52. The van der Waals surface area contributed by atoms with E-state index < -0.39 is 5.97 Å². The van der Waals surface area contributed by atoms with Gasteiger partial charge in [0.15, 0.2) is 0 Å². The number of anilines is 1. The standard InChI is InChI=1S/C15H15N3O3/c1-10-2-5-12(6-3-10)18-15(21)17-9-11-4-7-13(14(19)20)16-8-11/h2-8H,9H2,1H3,(H,19,20)(H2,17,18,21). The molecule has 0 fully saturated rings. The third-order valence-corrected chi connectivity index (χ3v) is 2.81. The van der Waals surface area contributed by atoms with Gasteiger partial charge in [-0.05, 0) is 30.7 Å². The zero-order chi connectivity index (χ0) is 15.2. The third kappa shape index (κ3) is 4.31. The number of benzene rings is 1. The lowest BCUT2D eigenvalue weighted by molar-refractivity contribution is 0.0690. The van der Waals surface area contributed by atoms with Crippen LogP contribution in [0.1, 0.15) is 21.6 Å². The van der Waals surface area contributed by atoms with Crippen molar-refractivity contribution in [1.29, 1.82) is 0 Å². The highest BCUT2D eigenvalue weighted by molar-refractivity contribution is 5.89. The molecule has 1 aromatic heterocycles. The molecule has 0 bridgehead atoms. The van der Waals surface area contributed by atoms with Crippen molar-refractivity contribution in [2.24, 2.45) is 0 Å². The maximum atomic E-state index is 11.7. The average Bonchev–Trinajstić information content (AvgIpc) is 2.48. The molecule has 0 spiro atoms. The van der Waals surface area contributed by atoms with Crippen LogP contribution in [0.25, 0.3) is 0 Å². The minimum absolute atomic E-state index is 0.0251. The van der Waals surface area contributed by atoms with Gasteiger partial charge >= 0.3 is 12.0 Å². The van der Waals surface area contributed by atoms with E-state index in [-0.39, 0.29) is 18.3 Å². The van der Waals surface area contributed by atoms with Crippen LogP contribution in [0.5, 0.6) is 0 Å². The largest absolute Gasteiger partial charge is 0.477 e. The number of hydrogen-bond acceptors (Lipinski definition) is 3. The van der Waals surface area contributed by atoms with Gasteiger partial charge in [-0.25, -0.2) is 14.6 Å². The number of aryl methyl sites for hydroxylation is 1. The molecule has 6 nitrogen and oxygen atoms in total. The summed E-state index contributed by atoms with van der Waals surface area (Å²) in [6.45, 7) is 2.24. The molecular weight excluding hydrogens is 270 g/mol. The first-order chi connectivity index (χ1) is 10.0. The predicted octanol–water partition coefficient (Wildman–Crippen LogP) is 2.41. The minimum Gasteiger partial charge on any atom is -0.477 e. The van der Waals surface area contributed by atoms with Gasteiger partial charge in [-0.1, -0.05) is 23.8 Å². The topological polar surface area (TPSA) is 91.3 Å². The molecule has 2 amide bonds. The first-order valence-corrected chi connectivity index (χ1v) is 6.34. The average molecular weight is 285 g/mol. The Morgan fingerprint density at radius 3 is 2.43 bits per heavy atom. The monoisotopic (exact) mass is 285 g/mol. The number of aromatic carboxylic acids is 1. The number of nitrogens with zero attached hydrogens (tertiary/aromatic N) is 1. The van der Waals surface area contributed by atoms with Gasteiger partial charge in [0.1, 0.15) is 5.69 Å². The molecule has 21 heavy (non-hydrogen) atoms. The quantitative estimate of drug-likeness (QED) is 0.804. The SMILES string of the molecule is Cc1ccc(NC(=O)NCc2ccc(C(=O)O)nc2)cc1.